The molecule has 10 nitrogen and oxygen atoms in total. The summed E-state index contributed by atoms with van der Waals surface area (Å²) in [6.07, 6.45) is 5.34. The van der Waals surface area contributed by atoms with Crippen molar-refractivity contribution in [3.05, 3.63) is 72.9 Å². The fourth-order valence-electron chi connectivity index (χ4n) is 4.90. The van der Waals surface area contributed by atoms with Crippen LogP contribution in [0, 0.1) is 0 Å². The molecule has 2 aromatic heterocycles. The van der Waals surface area contributed by atoms with Crippen molar-refractivity contribution in [2.24, 2.45) is 5.10 Å². The number of amides is 1. The highest BCUT2D eigenvalue weighted by Crippen LogP contribution is 2.27. The van der Waals surface area contributed by atoms with E-state index in [-0.39, 0.29) is 5.91 Å². The molecule has 0 unspecified atom stereocenters. The van der Waals surface area contributed by atoms with E-state index < -0.39 is 0 Å². The van der Waals surface area contributed by atoms with Gasteiger partial charge in [0.2, 0.25) is 5.91 Å². The molecule has 2 aliphatic heterocycles. The van der Waals surface area contributed by atoms with Crippen LogP contribution >= 0.6 is 0 Å². The van der Waals surface area contributed by atoms with E-state index in [9.17, 15) is 4.79 Å². The van der Waals surface area contributed by atoms with Crippen molar-refractivity contribution in [1.29, 1.82) is 0 Å². The van der Waals surface area contributed by atoms with E-state index in [0.717, 1.165) is 78.8 Å². The number of hydrogen-bond donors (Lipinski definition) is 1. The maximum Gasteiger partial charge on any atom is 0.219 e. The quantitative estimate of drug-likeness (QED) is 0.263. The fraction of sp³-hybridized carbons (Fsp3) is 0.333. The number of carbonyl (C=O) groups excluding carboxylic acids is 1. The Bertz CT molecular complexity index is 1440. The molecule has 0 saturated carbocycles. The minimum atomic E-state index is 0.137. The van der Waals surface area contributed by atoms with Gasteiger partial charge in [-0.3, -0.25) is 10.2 Å². The third kappa shape index (κ3) is 6.23. The van der Waals surface area contributed by atoms with E-state index in [1.54, 1.807) is 19.2 Å². The highest BCUT2D eigenvalue weighted by molar-refractivity contribution is 5.83. The number of nitrogens with zero attached hydrogens (tertiary/aromatic N) is 7. The molecule has 0 atom stereocenters. The second-order valence-corrected chi connectivity index (χ2v) is 10.0. The molecule has 1 amide bonds. The first-order valence-corrected chi connectivity index (χ1v) is 13.5. The van der Waals surface area contributed by atoms with Crippen LogP contribution in [0.5, 0.6) is 0 Å². The van der Waals surface area contributed by atoms with E-state index >= 15 is 0 Å². The Balaban J connectivity index is 1.40. The van der Waals surface area contributed by atoms with Crippen molar-refractivity contribution >= 4 is 35.1 Å². The number of rotatable bonds is 8. The third-order valence-electron chi connectivity index (χ3n) is 7.04. The number of nitrogens with one attached hydrogen (secondary N) is 1. The van der Waals surface area contributed by atoms with Gasteiger partial charge in [0.15, 0.2) is 11.5 Å². The molecule has 1 aromatic carbocycles. The summed E-state index contributed by atoms with van der Waals surface area (Å²) in [6.45, 7) is 17.3. The van der Waals surface area contributed by atoms with E-state index in [1.807, 2.05) is 34.5 Å². The Morgan fingerprint density at radius 2 is 1.75 bits per heavy atom. The number of aromatic nitrogens is 3. The molecular weight excluding hydrogens is 504 g/mol. The van der Waals surface area contributed by atoms with Gasteiger partial charge in [-0.05, 0) is 24.6 Å². The molecule has 10 heteroatoms. The van der Waals surface area contributed by atoms with Crippen LogP contribution in [0.4, 0.5) is 17.3 Å². The van der Waals surface area contributed by atoms with Crippen LogP contribution in [0.25, 0.3) is 16.9 Å². The lowest BCUT2D eigenvalue weighted by Gasteiger charge is -2.35. The molecule has 2 saturated heterocycles. The molecule has 0 radical (unpaired) electrons. The first-order valence-electron chi connectivity index (χ1n) is 13.5. The van der Waals surface area contributed by atoms with Crippen molar-refractivity contribution in [3.63, 3.8) is 0 Å². The van der Waals surface area contributed by atoms with E-state index in [4.69, 9.17) is 14.8 Å². The van der Waals surface area contributed by atoms with Gasteiger partial charge in [-0.15, -0.1) is 0 Å². The summed E-state index contributed by atoms with van der Waals surface area (Å²) < 4.78 is 7.47. The Hall–Kier alpha value is -4.44. The second-order valence-electron chi connectivity index (χ2n) is 10.0. The van der Waals surface area contributed by atoms with Crippen LogP contribution in [0.15, 0.2) is 78.0 Å². The second kappa shape index (κ2) is 12.2. The number of benzene rings is 1. The van der Waals surface area contributed by atoms with Gasteiger partial charge < -0.3 is 19.4 Å². The van der Waals surface area contributed by atoms with Gasteiger partial charge in [0.1, 0.15) is 5.82 Å². The van der Waals surface area contributed by atoms with Crippen LogP contribution < -0.4 is 15.2 Å². The zero-order valence-corrected chi connectivity index (χ0v) is 23.2. The molecule has 0 aliphatic carbocycles. The Kier molecular flexibility index (Phi) is 8.26. The largest absolute Gasteiger partial charge is 0.378 e. The van der Waals surface area contributed by atoms with Crippen LogP contribution in [0.3, 0.4) is 0 Å². The Morgan fingerprint density at radius 1 is 1.02 bits per heavy atom. The molecule has 2 aliphatic rings. The topological polar surface area (TPSA) is 90.6 Å². The number of morpholine rings is 1. The highest BCUT2D eigenvalue weighted by atomic mass is 16.5. The highest BCUT2D eigenvalue weighted by Gasteiger charge is 2.20. The lowest BCUT2D eigenvalue weighted by Crippen LogP contribution is -2.48. The van der Waals surface area contributed by atoms with Gasteiger partial charge in [0.05, 0.1) is 25.1 Å². The zero-order valence-electron chi connectivity index (χ0n) is 23.2. The summed E-state index contributed by atoms with van der Waals surface area (Å²) in [5, 5.41) is 9.32. The summed E-state index contributed by atoms with van der Waals surface area (Å²) in [5.74, 6) is 1.69. The molecule has 40 heavy (non-hydrogen) atoms. The van der Waals surface area contributed by atoms with Crippen molar-refractivity contribution < 1.29 is 9.53 Å². The van der Waals surface area contributed by atoms with Crippen LogP contribution in [0.2, 0.25) is 0 Å². The van der Waals surface area contributed by atoms with Crippen molar-refractivity contribution in [2.45, 2.75) is 13.8 Å². The molecule has 2 fully saturated rings. The number of fused-ring (bicyclic) bond motifs is 1. The fourth-order valence-corrected chi connectivity index (χ4v) is 4.90. The van der Waals surface area contributed by atoms with Crippen molar-refractivity contribution in [1.82, 2.24) is 19.5 Å². The smallest absolute Gasteiger partial charge is 0.219 e. The molecule has 5 rings (SSSR count). The van der Waals surface area contributed by atoms with Crippen LogP contribution in [-0.2, 0) is 9.53 Å². The molecule has 1 N–H and O–H groups in total. The summed E-state index contributed by atoms with van der Waals surface area (Å²) in [5.41, 5.74) is 8.57. The summed E-state index contributed by atoms with van der Waals surface area (Å²) in [7, 11) is 0. The number of allylic oxidation sites excluding steroid dienone is 4. The lowest BCUT2D eigenvalue weighted by molar-refractivity contribution is -0.129. The predicted octanol–water partition coefficient (Wildman–Crippen LogP) is 3.99. The van der Waals surface area contributed by atoms with Crippen molar-refractivity contribution in [2.75, 3.05) is 67.7 Å². The average Bonchev–Trinajstić information content (AvgIpc) is 3.41. The van der Waals surface area contributed by atoms with Gasteiger partial charge in [-0.25, -0.2) is 4.98 Å². The summed E-state index contributed by atoms with van der Waals surface area (Å²) in [4.78, 5) is 22.9. The van der Waals surface area contributed by atoms with E-state index in [0.29, 0.717) is 19.0 Å². The number of carbonyl (C=O) groups is 1. The number of ether oxygens (including phenoxy) is 1. The summed E-state index contributed by atoms with van der Waals surface area (Å²) >= 11 is 0. The molecule has 208 valence electrons. The molecule has 0 spiro atoms. The first kappa shape index (κ1) is 27.1. The molecular formula is C30H36N8O2. The van der Waals surface area contributed by atoms with E-state index in [1.165, 1.54) is 0 Å². The Morgan fingerprint density at radius 3 is 2.40 bits per heavy atom. The molecule has 0 bridgehead atoms. The van der Waals surface area contributed by atoms with Gasteiger partial charge in [-0.2, -0.15) is 14.7 Å². The standard InChI is InChI=1S/C30H36N8O2/c1-5-24(18-22(2)3)21-31-33-28-20-30(37-14-16-40-17-15-37)38-29(32-28)19-27(34-38)25-6-8-26(9-7-25)36-12-10-35(11-13-36)23(4)39/h5-9,18-21H,1-2,10-17H2,3-4H3,(H,32,33)/b24-18+,31-21+. The number of piperazine rings is 1. The molecule has 4 heterocycles. The zero-order chi connectivity index (χ0) is 28.1. The maximum absolute atomic E-state index is 11.7. The normalized spacial score (nSPS) is 16.6. The van der Waals surface area contributed by atoms with Gasteiger partial charge in [-0.1, -0.05) is 43.0 Å². The first-order chi connectivity index (χ1) is 19.4. The number of hydrazone groups is 1. The monoisotopic (exact) mass is 540 g/mol. The minimum Gasteiger partial charge on any atom is -0.378 e. The lowest BCUT2D eigenvalue weighted by atomic mass is 10.1. The average molecular weight is 541 g/mol. The third-order valence-corrected chi connectivity index (χ3v) is 7.04. The maximum atomic E-state index is 11.7. The SMILES string of the molecule is C=CC(/C=N/Nc1cc(N2CCOCC2)n2nc(-c3ccc(N4CCN(C(C)=O)CC4)cc3)cc2n1)=C\C(=C)C. The predicted molar refractivity (Wildman–Crippen MR) is 161 cm³/mol. The van der Waals surface area contributed by atoms with Gasteiger partial charge in [0.25, 0.3) is 0 Å². The number of hydrogen-bond acceptors (Lipinski definition) is 8. The van der Waals surface area contributed by atoms with Crippen LogP contribution in [-0.4, -0.2) is 84.1 Å². The van der Waals surface area contributed by atoms with Gasteiger partial charge >= 0.3 is 0 Å². The minimum absolute atomic E-state index is 0.137. The Labute approximate surface area is 234 Å². The number of anilines is 3. The van der Waals surface area contributed by atoms with Crippen LogP contribution in [0.1, 0.15) is 13.8 Å². The van der Waals surface area contributed by atoms with Gasteiger partial charge in [0, 0.05) is 69.6 Å². The summed E-state index contributed by atoms with van der Waals surface area (Å²) in [6, 6.07) is 12.4. The van der Waals surface area contributed by atoms with Crippen molar-refractivity contribution in [3.8, 4) is 11.3 Å². The molecule has 3 aromatic rings. The van der Waals surface area contributed by atoms with E-state index in [2.05, 4.69) is 57.8 Å².